The molecule has 2 aliphatic rings. The predicted octanol–water partition coefficient (Wildman–Crippen LogP) is 2.01. The van der Waals surface area contributed by atoms with Crippen LogP contribution in [0.1, 0.15) is 33.6 Å². The lowest BCUT2D eigenvalue weighted by Gasteiger charge is -1.95. The van der Waals surface area contributed by atoms with Gasteiger partial charge in [0.25, 0.3) is 0 Å². The molecule has 0 aromatic heterocycles. The van der Waals surface area contributed by atoms with Crippen molar-refractivity contribution in [3.63, 3.8) is 0 Å². The fraction of sp³-hybridized carbons (Fsp3) is 0.875. The zero-order chi connectivity index (χ0) is 5.78. The molecule has 0 saturated heterocycles. The van der Waals surface area contributed by atoms with E-state index in [1.54, 1.807) is 0 Å². The molecule has 1 heteroatoms. The van der Waals surface area contributed by atoms with Crippen LogP contribution in [0.25, 0.3) is 0 Å². The summed E-state index contributed by atoms with van der Waals surface area (Å²) >= 11 is 0. The summed E-state index contributed by atoms with van der Waals surface area (Å²) in [5.41, 5.74) is 0.483. The Kier molecular flexibility index (Phi) is 1.20. The average molecular weight is 126 g/mol. The maximum absolute atomic E-state index is 10.8. The van der Waals surface area contributed by atoms with Crippen molar-refractivity contribution in [3.05, 3.63) is 0 Å². The summed E-state index contributed by atoms with van der Waals surface area (Å²) in [6.45, 7) is 2.22. The van der Waals surface area contributed by atoms with Crippen molar-refractivity contribution in [3.8, 4) is 0 Å². The van der Waals surface area contributed by atoms with Gasteiger partial charge in [-0.15, -0.1) is 0 Å². The van der Waals surface area contributed by atoms with Gasteiger partial charge in [-0.3, -0.25) is 4.79 Å². The average Bonchev–Trinajstić information content (AvgIpc) is 2.32. The zero-order valence-electron chi connectivity index (χ0n) is 5.11. The number of hydrogen-bond acceptors (Lipinski definition) is 1. The number of fused-ring (bicyclic) bond motifs is 1. The summed E-state index contributed by atoms with van der Waals surface area (Å²) < 4.78 is 0. The van der Waals surface area contributed by atoms with E-state index in [1.165, 1.54) is 6.42 Å². The van der Waals surface area contributed by atoms with Gasteiger partial charge in [-0.1, -0.05) is 14.4 Å². The Morgan fingerprint density at radius 2 is 2.33 bits per heavy atom. The molecule has 0 bridgehead atoms. The molecule has 0 aliphatic heterocycles. The van der Waals surface area contributed by atoms with Gasteiger partial charge in [0.1, 0.15) is 5.78 Å². The van der Waals surface area contributed by atoms with Crippen molar-refractivity contribution in [1.82, 2.24) is 0 Å². The van der Waals surface area contributed by atoms with Crippen LogP contribution >= 0.6 is 0 Å². The van der Waals surface area contributed by atoms with E-state index in [0.717, 1.165) is 12.8 Å². The number of Topliss-reactive ketones (excluding diaryl/α,β-unsaturated/α-hetero) is 1. The lowest BCUT2D eigenvalue weighted by Crippen LogP contribution is -1.92. The van der Waals surface area contributed by atoms with E-state index in [0.29, 0.717) is 17.1 Å². The van der Waals surface area contributed by atoms with Gasteiger partial charge >= 0.3 is 0 Å². The molecule has 2 unspecified atom stereocenters. The smallest absolute Gasteiger partial charge is 0.136 e. The molecular formula is C8H14O. The Morgan fingerprint density at radius 1 is 1.67 bits per heavy atom. The third-order valence-corrected chi connectivity index (χ3v) is 2.68. The molecule has 0 radical (unpaired) electrons. The fourth-order valence-corrected chi connectivity index (χ4v) is 1.77. The molecule has 0 amide bonds. The monoisotopic (exact) mass is 126 g/mol. The van der Waals surface area contributed by atoms with Crippen LogP contribution in [0.4, 0.5) is 0 Å². The van der Waals surface area contributed by atoms with Crippen molar-refractivity contribution in [1.29, 1.82) is 0 Å². The third-order valence-electron chi connectivity index (χ3n) is 2.68. The van der Waals surface area contributed by atoms with Crippen molar-refractivity contribution in [2.75, 3.05) is 0 Å². The fourth-order valence-electron chi connectivity index (χ4n) is 1.77. The standard InChI is InChI=1S/C7H10O.CH4/c1-7-3-2-6(8)5(7)4-7;/h5H,2-4H2,1H3;1H4. The number of hydrogen-bond donors (Lipinski definition) is 0. The van der Waals surface area contributed by atoms with Gasteiger partial charge in [0.05, 0.1) is 0 Å². The molecule has 52 valence electrons. The zero-order valence-corrected chi connectivity index (χ0v) is 5.11. The van der Waals surface area contributed by atoms with Crippen LogP contribution in [-0.4, -0.2) is 5.78 Å². The summed E-state index contributed by atoms with van der Waals surface area (Å²) in [6, 6.07) is 0. The first-order chi connectivity index (χ1) is 3.72. The quantitative estimate of drug-likeness (QED) is 0.485. The highest BCUT2D eigenvalue weighted by Gasteiger charge is 2.57. The van der Waals surface area contributed by atoms with E-state index in [2.05, 4.69) is 6.92 Å². The van der Waals surface area contributed by atoms with Gasteiger partial charge in [-0.25, -0.2) is 0 Å². The Bertz CT molecular complexity index is 151. The second kappa shape index (κ2) is 1.59. The minimum absolute atomic E-state index is 0. The summed E-state index contributed by atoms with van der Waals surface area (Å²) in [5, 5.41) is 0. The Balaban J connectivity index is 0.000000405. The van der Waals surface area contributed by atoms with Crippen molar-refractivity contribution >= 4 is 5.78 Å². The lowest BCUT2D eigenvalue weighted by atomic mass is 10.1. The molecule has 2 atom stereocenters. The molecule has 1 nitrogen and oxygen atoms in total. The Labute approximate surface area is 56.4 Å². The van der Waals surface area contributed by atoms with E-state index in [4.69, 9.17) is 0 Å². The first-order valence-corrected chi connectivity index (χ1v) is 3.25. The van der Waals surface area contributed by atoms with Gasteiger partial charge in [0.15, 0.2) is 0 Å². The molecule has 2 rings (SSSR count). The van der Waals surface area contributed by atoms with Crippen LogP contribution in [0.3, 0.4) is 0 Å². The second-order valence-electron chi connectivity index (χ2n) is 3.38. The largest absolute Gasteiger partial charge is 0.299 e. The highest BCUT2D eigenvalue weighted by molar-refractivity contribution is 5.87. The van der Waals surface area contributed by atoms with Gasteiger partial charge in [-0.2, -0.15) is 0 Å². The minimum Gasteiger partial charge on any atom is -0.299 e. The van der Waals surface area contributed by atoms with E-state index in [1.807, 2.05) is 0 Å². The van der Waals surface area contributed by atoms with E-state index in [9.17, 15) is 4.79 Å². The van der Waals surface area contributed by atoms with Crippen LogP contribution in [0.2, 0.25) is 0 Å². The van der Waals surface area contributed by atoms with Crippen molar-refractivity contribution < 1.29 is 4.79 Å². The minimum atomic E-state index is 0. The molecule has 2 fully saturated rings. The topological polar surface area (TPSA) is 17.1 Å². The first kappa shape index (κ1) is 6.79. The van der Waals surface area contributed by atoms with Gasteiger partial charge in [0, 0.05) is 12.3 Å². The van der Waals surface area contributed by atoms with Gasteiger partial charge < -0.3 is 0 Å². The molecular weight excluding hydrogens is 112 g/mol. The predicted molar refractivity (Wildman–Crippen MR) is 37.2 cm³/mol. The van der Waals surface area contributed by atoms with E-state index >= 15 is 0 Å². The van der Waals surface area contributed by atoms with Crippen molar-refractivity contribution in [2.45, 2.75) is 33.6 Å². The lowest BCUT2D eigenvalue weighted by molar-refractivity contribution is -0.119. The number of rotatable bonds is 0. The SMILES string of the molecule is C.CC12CCC(=O)C1C2. The molecule has 0 spiro atoms. The Hall–Kier alpha value is -0.330. The third kappa shape index (κ3) is 0.707. The van der Waals surface area contributed by atoms with Crippen LogP contribution < -0.4 is 0 Å². The maximum atomic E-state index is 10.8. The molecule has 2 saturated carbocycles. The maximum Gasteiger partial charge on any atom is 0.136 e. The van der Waals surface area contributed by atoms with Crippen LogP contribution in [0.15, 0.2) is 0 Å². The Morgan fingerprint density at radius 3 is 2.44 bits per heavy atom. The summed E-state index contributed by atoms with van der Waals surface area (Å²) in [5.74, 6) is 1.01. The number of carbonyl (C=O) groups is 1. The number of carbonyl (C=O) groups excluding carboxylic acids is 1. The van der Waals surface area contributed by atoms with Gasteiger partial charge in [-0.05, 0) is 18.3 Å². The molecule has 0 aromatic rings. The molecule has 0 aromatic carbocycles. The summed E-state index contributed by atoms with van der Waals surface area (Å²) in [4.78, 5) is 10.8. The molecule has 0 heterocycles. The van der Waals surface area contributed by atoms with Gasteiger partial charge in [0.2, 0.25) is 0 Å². The summed E-state index contributed by atoms with van der Waals surface area (Å²) in [6.07, 6.45) is 3.21. The van der Waals surface area contributed by atoms with Crippen LogP contribution in [0.5, 0.6) is 0 Å². The normalized spacial score (nSPS) is 45.9. The highest BCUT2D eigenvalue weighted by atomic mass is 16.1. The summed E-state index contributed by atoms with van der Waals surface area (Å²) in [7, 11) is 0. The van der Waals surface area contributed by atoms with E-state index < -0.39 is 0 Å². The molecule has 9 heavy (non-hydrogen) atoms. The van der Waals surface area contributed by atoms with Crippen LogP contribution in [-0.2, 0) is 4.79 Å². The highest BCUT2D eigenvalue weighted by Crippen LogP contribution is 2.61. The van der Waals surface area contributed by atoms with Crippen molar-refractivity contribution in [2.24, 2.45) is 11.3 Å². The molecule has 0 N–H and O–H groups in total. The first-order valence-electron chi connectivity index (χ1n) is 3.25. The number of ketones is 1. The second-order valence-corrected chi connectivity index (χ2v) is 3.38. The van der Waals surface area contributed by atoms with E-state index in [-0.39, 0.29) is 7.43 Å². The molecule has 2 aliphatic carbocycles. The van der Waals surface area contributed by atoms with Crippen LogP contribution in [0, 0.1) is 11.3 Å².